The zero-order valence-electron chi connectivity index (χ0n) is 19.2. The van der Waals surface area contributed by atoms with Gasteiger partial charge in [0.1, 0.15) is 16.3 Å². The summed E-state index contributed by atoms with van der Waals surface area (Å²) < 4.78 is 34.0. The van der Waals surface area contributed by atoms with E-state index in [-0.39, 0.29) is 16.5 Å². The molecule has 15 nitrogen and oxygen atoms in total. The van der Waals surface area contributed by atoms with Crippen LogP contribution in [0.2, 0.25) is 0 Å². The molecule has 4 N–H and O–H groups in total. The van der Waals surface area contributed by atoms with Crippen molar-refractivity contribution in [1.29, 1.82) is 0 Å². The molecule has 1 amide bonds. The lowest BCUT2D eigenvalue weighted by molar-refractivity contribution is -0.394. The highest BCUT2D eigenvalue weighted by atomic mass is 32.2. The Labute approximate surface area is 217 Å². The number of nitro benzene ring substituents is 2. The molecule has 0 aliphatic rings. The normalized spacial score (nSPS) is 11.5. The first-order valence-corrected chi connectivity index (χ1v) is 12.0. The van der Waals surface area contributed by atoms with Gasteiger partial charge in [0.25, 0.3) is 21.7 Å². The number of anilines is 1. The largest absolute Gasteiger partial charge is 0.505 e. The fraction of sp³-hybridized carbons (Fsp3) is 0. The lowest BCUT2D eigenvalue weighted by Gasteiger charge is -2.11. The molecule has 0 spiro atoms. The first-order valence-electron chi connectivity index (χ1n) is 10.6. The Kier molecular flexibility index (Phi) is 6.89. The fourth-order valence-electron chi connectivity index (χ4n) is 3.53. The molecule has 0 unspecified atom stereocenters. The number of aromatic hydroxyl groups is 2. The lowest BCUT2D eigenvalue weighted by atomic mass is 10.1. The first-order chi connectivity index (χ1) is 18.4. The third-order valence-corrected chi connectivity index (χ3v) is 6.21. The molecule has 39 heavy (non-hydrogen) atoms. The van der Waals surface area contributed by atoms with Gasteiger partial charge in [-0.3, -0.25) is 29.6 Å². The van der Waals surface area contributed by atoms with Gasteiger partial charge in [0, 0.05) is 22.7 Å². The van der Waals surface area contributed by atoms with Crippen LogP contribution in [0.15, 0.2) is 81.9 Å². The van der Waals surface area contributed by atoms with Crippen LogP contribution in [0.3, 0.4) is 0 Å². The Morgan fingerprint density at radius 1 is 0.872 bits per heavy atom. The van der Waals surface area contributed by atoms with Crippen LogP contribution in [0, 0.1) is 20.2 Å². The minimum atomic E-state index is -5.06. The molecular weight excluding hydrogens is 538 g/mol. The fourth-order valence-corrected chi connectivity index (χ4v) is 4.19. The highest BCUT2D eigenvalue weighted by Crippen LogP contribution is 2.44. The molecule has 4 aromatic rings. The average molecular weight is 553 g/mol. The number of carbonyl (C=O) groups excluding carboxylic acids is 1. The summed E-state index contributed by atoms with van der Waals surface area (Å²) in [5.41, 5.74) is -2.92. The number of nitro groups is 2. The van der Waals surface area contributed by atoms with E-state index in [0.717, 1.165) is 6.07 Å². The van der Waals surface area contributed by atoms with Gasteiger partial charge in [-0.25, -0.2) is 0 Å². The van der Waals surface area contributed by atoms with Gasteiger partial charge >= 0.3 is 5.69 Å². The quantitative estimate of drug-likeness (QED) is 0.104. The number of benzene rings is 4. The third kappa shape index (κ3) is 5.45. The van der Waals surface area contributed by atoms with Crippen LogP contribution in [-0.2, 0) is 10.1 Å². The number of phenolic OH excluding ortho intramolecular Hbond substituents is 2. The Hall–Kier alpha value is -5.48. The molecule has 16 heteroatoms. The third-order valence-electron chi connectivity index (χ3n) is 5.34. The minimum Gasteiger partial charge on any atom is -0.505 e. The molecule has 0 aliphatic carbocycles. The number of rotatable bonds is 7. The molecule has 0 aromatic heterocycles. The van der Waals surface area contributed by atoms with Crippen molar-refractivity contribution in [3.8, 4) is 11.5 Å². The van der Waals surface area contributed by atoms with Crippen LogP contribution in [0.1, 0.15) is 10.4 Å². The van der Waals surface area contributed by atoms with Gasteiger partial charge in [-0.2, -0.15) is 8.42 Å². The summed E-state index contributed by atoms with van der Waals surface area (Å²) in [6.45, 7) is 0. The van der Waals surface area contributed by atoms with Crippen molar-refractivity contribution in [3.05, 3.63) is 92.5 Å². The van der Waals surface area contributed by atoms with E-state index in [1.165, 1.54) is 18.2 Å². The molecule has 0 atom stereocenters. The topological polar surface area (TPSA) is 235 Å². The van der Waals surface area contributed by atoms with Gasteiger partial charge in [0.05, 0.1) is 15.9 Å². The average Bonchev–Trinajstić information content (AvgIpc) is 2.88. The van der Waals surface area contributed by atoms with E-state index in [1.54, 1.807) is 30.3 Å². The monoisotopic (exact) mass is 553 g/mol. The Balaban J connectivity index is 1.82. The van der Waals surface area contributed by atoms with Gasteiger partial charge in [-0.05, 0) is 41.8 Å². The van der Waals surface area contributed by atoms with Crippen molar-refractivity contribution in [2.24, 2.45) is 10.2 Å². The summed E-state index contributed by atoms with van der Waals surface area (Å²) in [5.74, 6) is -2.38. The number of amides is 1. The van der Waals surface area contributed by atoms with E-state index in [1.807, 2.05) is 0 Å². The Bertz CT molecular complexity index is 1810. The van der Waals surface area contributed by atoms with Gasteiger partial charge in [0.15, 0.2) is 5.75 Å². The molecule has 0 aliphatic heterocycles. The number of azo groups is 1. The van der Waals surface area contributed by atoms with E-state index < -0.39 is 65.0 Å². The molecule has 0 saturated heterocycles. The number of phenols is 2. The molecule has 0 saturated carbocycles. The van der Waals surface area contributed by atoms with E-state index >= 15 is 0 Å². The summed E-state index contributed by atoms with van der Waals surface area (Å²) >= 11 is 0. The number of nitrogens with one attached hydrogen (secondary N) is 1. The van der Waals surface area contributed by atoms with Gasteiger partial charge in [-0.1, -0.05) is 18.2 Å². The standard InChI is InChI=1S/C23H15N5O10S/c29-21-16-7-6-14(24-23(31)12-4-2-1-3-5-12)8-13(16)9-19(39(36,37)38)20(21)26-25-17-10-15(27(32)33)11-18(22(17)30)28(34)35/h1-11,29-30H,(H,24,31)(H,36,37,38). The van der Waals surface area contributed by atoms with Crippen molar-refractivity contribution in [3.63, 3.8) is 0 Å². The van der Waals surface area contributed by atoms with Crippen LogP contribution in [0.5, 0.6) is 11.5 Å². The summed E-state index contributed by atoms with van der Waals surface area (Å²) in [6.07, 6.45) is 0. The minimum absolute atomic E-state index is 0.00306. The number of non-ortho nitro benzene ring substituents is 1. The maximum absolute atomic E-state index is 12.4. The molecule has 4 rings (SSSR count). The molecule has 0 bridgehead atoms. The number of hydrogen-bond donors (Lipinski definition) is 4. The highest BCUT2D eigenvalue weighted by molar-refractivity contribution is 7.86. The van der Waals surface area contributed by atoms with Gasteiger partial charge in [0.2, 0.25) is 5.75 Å². The number of carbonyl (C=O) groups is 1. The van der Waals surface area contributed by atoms with Crippen molar-refractivity contribution < 1.29 is 37.8 Å². The molecular formula is C23H15N5O10S. The second kappa shape index (κ2) is 10.1. The summed E-state index contributed by atoms with van der Waals surface area (Å²) in [5, 5.41) is 52.8. The maximum Gasteiger partial charge on any atom is 0.319 e. The van der Waals surface area contributed by atoms with Crippen molar-refractivity contribution in [2.45, 2.75) is 4.90 Å². The zero-order valence-corrected chi connectivity index (χ0v) is 20.1. The maximum atomic E-state index is 12.4. The number of nitrogens with zero attached hydrogens (tertiary/aromatic N) is 4. The van der Waals surface area contributed by atoms with E-state index in [0.29, 0.717) is 17.7 Å². The number of hydrogen-bond acceptors (Lipinski definition) is 11. The van der Waals surface area contributed by atoms with E-state index in [9.17, 15) is 48.2 Å². The molecule has 4 aromatic carbocycles. The van der Waals surface area contributed by atoms with Crippen LogP contribution < -0.4 is 5.32 Å². The first kappa shape index (κ1) is 26.6. The van der Waals surface area contributed by atoms with Crippen LogP contribution >= 0.6 is 0 Å². The molecule has 0 radical (unpaired) electrons. The van der Waals surface area contributed by atoms with Crippen molar-refractivity contribution in [2.75, 3.05) is 5.32 Å². The Morgan fingerprint density at radius 3 is 2.18 bits per heavy atom. The smallest absolute Gasteiger partial charge is 0.319 e. The summed E-state index contributed by atoms with van der Waals surface area (Å²) in [7, 11) is -5.06. The summed E-state index contributed by atoms with van der Waals surface area (Å²) in [6, 6.07) is 14.3. The Morgan fingerprint density at radius 2 is 1.56 bits per heavy atom. The second-order valence-corrected chi connectivity index (χ2v) is 9.24. The van der Waals surface area contributed by atoms with Gasteiger partial charge in [-0.15, -0.1) is 10.2 Å². The molecule has 0 heterocycles. The predicted octanol–water partition coefficient (Wildman–Crippen LogP) is 4.98. The number of fused-ring (bicyclic) bond motifs is 1. The highest BCUT2D eigenvalue weighted by Gasteiger charge is 2.26. The van der Waals surface area contributed by atoms with E-state index in [2.05, 4.69) is 15.5 Å². The van der Waals surface area contributed by atoms with Crippen molar-refractivity contribution in [1.82, 2.24) is 0 Å². The molecule has 0 fully saturated rings. The van der Waals surface area contributed by atoms with Crippen LogP contribution in [0.4, 0.5) is 28.4 Å². The van der Waals surface area contributed by atoms with Crippen LogP contribution in [-0.4, -0.2) is 38.9 Å². The van der Waals surface area contributed by atoms with Crippen molar-refractivity contribution >= 4 is 55.2 Å². The second-order valence-electron chi connectivity index (χ2n) is 7.85. The van der Waals surface area contributed by atoms with Crippen LogP contribution in [0.25, 0.3) is 10.8 Å². The molecule has 198 valence electrons. The SMILES string of the molecule is O=C(Nc1ccc2c(O)c(N=Nc3cc([N+](=O)[O-])cc([N+](=O)[O-])c3O)c(S(=O)(=O)O)cc2c1)c1ccccc1. The zero-order chi connectivity index (χ0) is 28.5. The lowest BCUT2D eigenvalue weighted by Crippen LogP contribution is -2.11. The predicted molar refractivity (Wildman–Crippen MR) is 135 cm³/mol. The van der Waals surface area contributed by atoms with Gasteiger partial charge < -0.3 is 15.5 Å². The van der Waals surface area contributed by atoms with E-state index in [4.69, 9.17) is 0 Å². The summed E-state index contributed by atoms with van der Waals surface area (Å²) in [4.78, 5) is 31.7.